The van der Waals surface area contributed by atoms with Gasteiger partial charge in [0.25, 0.3) is 6.43 Å². The largest absolute Gasteiger partial charge is 0.306 e. The lowest BCUT2D eigenvalue weighted by molar-refractivity contribution is 0.224. The number of halogens is 3. The molecule has 2 aromatic rings. The Kier molecular flexibility index (Phi) is 6.87. The molecule has 1 saturated heterocycles. The van der Waals surface area contributed by atoms with Crippen molar-refractivity contribution < 1.29 is 13.2 Å². The fourth-order valence-corrected chi connectivity index (χ4v) is 5.35. The summed E-state index contributed by atoms with van der Waals surface area (Å²) >= 11 is 0. The van der Waals surface area contributed by atoms with Crippen molar-refractivity contribution in [2.24, 2.45) is 10.2 Å². The van der Waals surface area contributed by atoms with Crippen molar-refractivity contribution >= 4 is 33.8 Å². The highest BCUT2D eigenvalue weighted by Crippen LogP contribution is 2.34. The first-order valence-corrected chi connectivity index (χ1v) is 11.6. The molecule has 8 heteroatoms. The van der Waals surface area contributed by atoms with Crippen LogP contribution in [0.15, 0.2) is 58.7 Å². The van der Waals surface area contributed by atoms with Crippen LogP contribution in [0.1, 0.15) is 36.8 Å². The first kappa shape index (κ1) is 21.8. The molecule has 31 heavy (non-hydrogen) atoms. The molecule has 0 radical (unpaired) electrons. The van der Waals surface area contributed by atoms with E-state index in [1.807, 2.05) is 24.3 Å². The van der Waals surface area contributed by atoms with Gasteiger partial charge in [-0.05, 0) is 65.0 Å². The van der Waals surface area contributed by atoms with E-state index in [1.54, 1.807) is 12.1 Å². The van der Waals surface area contributed by atoms with Crippen LogP contribution < -0.4 is 4.31 Å². The zero-order valence-electron chi connectivity index (χ0n) is 17.2. The molecule has 2 aromatic carbocycles. The summed E-state index contributed by atoms with van der Waals surface area (Å²) in [5.41, 5.74) is 3.14. The van der Waals surface area contributed by atoms with Crippen LogP contribution in [0.3, 0.4) is 0 Å². The molecule has 0 saturated carbocycles. The van der Waals surface area contributed by atoms with Crippen LogP contribution in [0, 0.1) is 5.82 Å². The maximum atomic E-state index is 13.5. The first-order chi connectivity index (χ1) is 15.0. The molecule has 1 unspecified atom stereocenters. The van der Waals surface area contributed by atoms with E-state index in [9.17, 15) is 13.2 Å². The minimum atomic E-state index is -2.57. The number of piperidine rings is 1. The van der Waals surface area contributed by atoms with Crippen LogP contribution in [0.5, 0.6) is 0 Å². The highest BCUT2D eigenvalue weighted by atomic mass is 32.2. The average Bonchev–Trinajstić information content (AvgIpc) is 3.30. The summed E-state index contributed by atoms with van der Waals surface area (Å²) in [4.78, 5) is 0. The number of nitrogens with zero attached hydrogens (tertiary/aromatic N) is 4. The molecule has 0 N–H and O–H groups in total. The molecule has 0 amide bonds. The Morgan fingerprint density at radius 2 is 1.65 bits per heavy atom. The molecule has 4 nitrogen and oxygen atoms in total. The zero-order valence-corrected chi connectivity index (χ0v) is 18.0. The van der Waals surface area contributed by atoms with Crippen LogP contribution in [0.25, 0.3) is 0 Å². The van der Waals surface area contributed by atoms with Gasteiger partial charge in [-0.15, -0.1) is 0 Å². The average molecular weight is 447 g/mol. The van der Waals surface area contributed by atoms with Gasteiger partial charge in [0.05, 0.1) is 12.3 Å². The summed E-state index contributed by atoms with van der Waals surface area (Å²) in [7, 11) is -0.401. The summed E-state index contributed by atoms with van der Waals surface area (Å²) < 4.78 is 43.7. The zero-order chi connectivity index (χ0) is 21.8. The molecule has 1 fully saturated rings. The van der Waals surface area contributed by atoms with E-state index in [2.05, 4.69) is 24.7 Å². The summed E-state index contributed by atoms with van der Waals surface area (Å²) in [6, 6.07) is 14.2. The minimum absolute atomic E-state index is 0.0794. The summed E-state index contributed by atoms with van der Waals surface area (Å²) in [5.74, 6) is 4.18. The maximum Gasteiger partial charge on any atom is 0.278 e. The molecule has 0 aliphatic carbocycles. The molecule has 2 aliphatic rings. The van der Waals surface area contributed by atoms with E-state index < -0.39 is 17.3 Å². The fraction of sp³-hybridized carbons (Fsp3) is 0.348. The van der Waals surface area contributed by atoms with Gasteiger partial charge in [-0.1, -0.05) is 30.7 Å². The minimum Gasteiger partial charge on any atom is -0.306 e. The van der Waals surface area contributed by atoms with E-state index in [-0.39, 0.29) is 17.9 Å². The molecule has 0 spiro atoms. The number of hydrogen-bond acceptors (Lipinski definition) is 4. The Hall–Kier alpha value is -2.45. The predicted molar refractivity (Wildman–Crippen MR) is 124 cm³/mol. The Morgan fingerprint density at radius 3 is 2.26 bits per heavy atom. The highest BCUT2D eigenvalue weighted by Gasteiger charge is 2.22. The van der Waals surface area contributed by atoms with Gasteiger partial charge in [0.2, 0.25) is 0 Å². The monoisotopic (exact) mass is 446 g/mol. The number of rotatable bonds is 7. The lowest BCUT2D eigenvalue weighted by atomic mass is 10.0. The van der Waals surface area contributed by atoms with Crippen molar-refractivity contribution in [2.45, 2.75) is 38.7 Å². The number of hydrogen-bond donors (Lipinski definition) is 0. The van der Waals surface area contributed by atoms with Gasteiger partial charge in [0.15, 0.2) is 0 Å². The van der Waals surface area contributed by atoms with Gasteiger partial charge >= 0.3 is 0 Å². The van der Waals surface area contributed by atoms with Crippen molar-refractivity contribution in [1.82, 2.24) is 4.31 Å². The van der Waals surface area contributed by atoms with Crippen LogP contribution in [0.4, 0.5) is 18.9 Å². The fourth-order valence-electron chi connectivity index (χ4n) is 3.73. The highest BCUT2D eigenvalue weighted by molar-refractivity contribution is 8.13. The van der Waals surface area contributed by atoms with E-state index in [0.29, 0.717) is 12.3 Å². The second-order valence-electron chi connectivity index (χ2n) is 7.65. The Labute approximate surface area is 183 Å². The topological polar surface area (TPSA) is 31.2 Å². The third kappa shape index (κ3) is 5.25. The van der Waals surface area contributed by atoms with Crippen molar-refractivity contribution in [2.75, 3.05) is 17.4 Å². The SMILES string of the molecule is C=S(N1CCCCC1)N(Cc1ccc(C2=NN=C(C(F)F)C2)cc1)c1ccc(F)cc1. The smallest absolute Gasteiger partial charge is 0.278 e. The van der Waals surface area contributed by atoms with Gasteiger partial charge in [0, 0.05) is 25.2 Å². The third-order valence-corrected chi connectivity index (χ3v) is 7.30. The van der Waals surface area contributed by atoms with Crippen molar-refractivity contribution in [3.63, 3.8) is 0 Å². The standard InChI is InChI=1S/C23H25F3N4S/c1-31(29-13-3-2-4-14-29)30(20-11-9-19(24)10-12-20)16-17-5-7-18(8-6-17)21-15-22(23(25)26)28-27-21/h5-12,23H,1-4,13-16H2. The molecule has 2 aliphatic heterocycles. The predicted octanol–water partition coefficient (Wildman–Crippen LogP) is 5.66. The summed E-state index contributed by atoms with van der Waals surface area (Å²) in [6.45, 7) is 2.63. The summed E-state index contributed by atoms with van der Waals surface area (Å²) in [5, 5.41) is 7.50. The van der Waals surface area contributed by atoms with E-state index in [0.717, 1.165) is 42.7 Å². The van der Waals surface area contributed by atoms with Crippen LogP contribution in [0.2, 0.25) is 0 Å². The van der Waals surface area contributed by atoms with Gasteiger partial charge in [-0.25, -0.2) is 17.5 Å². The second-order valence-corrected chi connectivity index (χ2v) is 9.29. The normalized spacial score (nSPS) is 18.1. The van der Waals surface area contributed by atoms with Crippen LogP contribution >= 0.6 is 10.9 Å². The Balaban J connectivity index is 1.51. The number of benzene rings is 2. The van der Waals surface area contributed by atoms with Gasteiger partial charge in [-0.3, -0.25) is 0 Å². The Morgan fingerprint density at radius 1 is 0.968 bits per heavy atom. The van der Waals surface area contributed by atoms with Crippen LogP contribution in [-0.2, 0) is 6.54 Å². The van der Waals surface area contributed by atoms with E-state index in [1.165, 1.54) is 18.6 Å². The van der Waals surface area contributed by atoms with E-state index in [4.69, 9.17) is 0 Å². The van der Waals surface area contributed by atoms with Crippen molar-refractivity contribution in [1.29, 1.82) is 0 Å². The molecule has 164 valence electrons. The molecule has 0 aromatic heterocycles. The molecular weight excluding hydrogens is 421 g/mol. The molecule has 2 heterocycles. The summed E-state index contributed by atoms with van der Waals surface area (Å²) in [6.07, 6.45) is 1.07. The first-order valence-electron chi connectivity index (χ1n) is 10.3. The Bertz CT molecular complexity index is 981. The lowest BCUT2D eigenvalue weighted by Gasteiger charge is -2.37. The van der Waals surface area contributed by atoms with Gasteiger partial charge in [-0.2, -0.15) is 10.2 Å². The quantitative estimate of drug-likeness (QED) is 0.514. The maximum absolute atomic E-state index is 13.5. The van der Waals surface area contributed by atoms with E-state index >= 15 is 0 Å². The lowest BCUT2D eigenvalue weighted by Crippen LogP contribution is -2.31. The molecule has 0 bridgehead atoms. The third-order valence-electron chi connectivity index (χ3n) is 5.50. The van der Waals surface area contributed by atoms with Crippen molar-refractivity contribution in [3.05, 3.63) is 65.5 Å². The van der Waals surface area contributed by atoms with Gasteiger partial charge < -0.3 is 4.31 Å². The number of alkyl halides is 2. The van der Waals surface area contributed by atoms with Crippen molar-refractivity contribution in [3.8, 4) is 0 Å². The molecular formula is C23H25F3N4S. The van der Waals surface area contributed by atoms with Crippen LogP contribution in [-0.4, -0.2) is 41.1 Å². The second kappa shape index (κ2) is 9.78. The molecule has 4 rings (SSSR count). The number of anilines is 1. The molecule has 1 atom stereocenters. The van der Waals surface area contributed by atoms with Gasteiger partial charge in [0.1, 0.15) is 11.5 Å².